The zero-order chi connectivity index (χ0) is 22.9. The number of hydrogen-bond acceptors (Lipinski definition) is 2. The van der Waals surface area contributed by atoms with Gasteiger partial charge in [0, 0.05) is 21.3 Å². The van der Waals surface area contributed by atoms with E-state index in [0.29, 0.717) is 0 Å². The molecule has 5 rings (SSSR count). The highest BCUT2D eigenvalue weighted by Crippen LogP contribution is 2.45. The molecule has 1 heterocycles. The van der Waals surface area contributed by atoms with Crippen molar-refractivity contribution in [1.29, 1.82) is 0 Å². The van der Waals surface area contributed by atoms with Crippen LogP contribution in [0.5, 0.6) is 0 Å². The van der Waals surface area contributed by atoms with Gasteiger partial charge in [0.1, 0.15) is 5.00 Å². The molecule has 1 aliphatic rings. The average Bonchev–Trinajstić information content (AvgIpc) is 3.41. The number of hydrogen-bond donors (Lipinski definition) is 2. The van der Waals surface area contributed by atoms with Crippen molar-refractivity contribution in [2.75, 3.05) is 10.6 Å². The van der Waals surface area contributed by atoms with Crippen LogP contribution in [-0.2, 0) is 25.7 Å². The van der Waals surface area contributed by atoms with E-state index in [9.17, 15) is 4.79 Å². The number of fused-ring (bicyclic) bond motifs is 2. The second-order valence-corrected chi connectivity index (χ2v) is 9.88. The number of rotatable bonds is 5. The molecule has 0 fully saturated rings. The molecule has 0 radical (unpaired) electrons. The molecule has 1 aromatic heterocycles. The molecule has 3 aromatic carbocycles. The van der Waals surface area contributed by atoms with Crippen molar-refractivity contribution in [1.82, 2.24) is 0 Å². The number of para-hydroxylation sites is 1. The second kappa shape index (κ2) is 9.03. The molecule has 168 valence electrons. The Labute approximate surface area is 199 Å². The summed E-state index contributed by atoms with van der Waals surface area (Å²) >= 11 is 1.68. The maximum atomic E-state index is 13.2. The predicted octanol–water partition coefficient (Wildman–Crippen LogP) is 8.13. The van der Waals surface area contributed by atoms with Crippen molar-refractivity contribution < 1.29 is 4.79 Å². The standard InChI is InChI=1S/C29H30N2OS/c1-4-19-11-8-12-20(5-2)27(19)30-29(32)31-28-26(23-15-7-6-10-18(23)3)24-16-21-13-9-14-22(21)17-25(24)33-28/h6-8,10-12,15-17H,4-5,9,13-14H2,1-3H3,(H2,30,31,32). The summed E-state index contributed by atoms with van der Waals surface area (Å²) in [5.74, 6) is 0. The Bertz CT molecular complexity index is 1330. The first-order valence-corrected chi connectivity index (χ1v) is 12.7. The van der Waals surface area contributed by atoms with Crippen LogP contribution in [0.4, 0.5) is 15.5 Å². The summed E-state index contributed by atoms with van der Waals surface area (Å²) in [4.78, 5) is 13.2. The van der Waals surface area contributed by atoms with E-state index >= 15 is 0 Å². The Kier molecular flexibility index (Phi) is 5.94. The van der Waals surface area contributed by atoms with Gasteiger partial charge in [-0.25, -0.2) is 4.79 Å². The van der Waals surface area contributed by atoms with Crippen LogP contribution in [0.3, 0.4) is 0 Å². The Hall–Kier alpha value is -3.11. The summed E-state index contributed by atoms with van der Waals surface area (Å²) in [5.41, 5.74) is 9.71. The average molecular weight is 455 g/mol. The van der Waals surface area contributed by atoms with E-state index in [2.05, 4.69) is 86.0 Å². The normalized spacial score (nSPS) is 12.7. The fraction of sp³-hybridized carbons (Fsp3) is 0.276. The molecule has 4 heteroatoms. The molecule has 1 aliphatic carbocycles. The minimum absolute atomic E-state index is 0.181. The minimum atomic E-state index is -0.181. The molecular formula is C29H30N2OS. The van der Waals surface area contributed by atoms with Crippen LogP contribution in [0.15, 0.2) is 54.6 Å². The lowest BCUT2D eigenvalue weighted by atomic mass is 9.97. The van der Waals surface area contributed by atoms with E-state index in [0.717, 1.165) is 53.1 Å². The fourth-order valence-corrected chi connectivity index (χ4v) is 6.18. The molecule has 0 atom stereocenters. The molecule has 0 saturated carbocycles. The highest BCUT2D eigenvalue weighted by Gasteiger charge is 2.21. The van der Waals surface area contributed by atoms with Crippen LogP contribution in [0.2, 0.25) is 0 Å². The molecule has 0 spiro atoms. The zero-order valence-corrected chi connectivity index (χ0v) is 20.4. The van der Waals surface area contributed by atoms with Gasteiger partial charge in [-0.1, -0.05) is 56.3 Å². The number of thiophene rings is 1. The lowest BCUT2D eigenvalue weighted by Crippen LogP contribution is -2.21. The van der Waals surface area contributed by atoms with Gasteiger partial charge in [-0.05, 0) is 84.5 Å². The lowest BCUT2D eigenvalue weighted by Gasteiger charge is -2.15. The van der Waals surface area contributed by atoms with Crippen LogP contribution in [0.25, 0.3) is 21.2 Å². The molecule has 0 bridgehead atoms. The molecule has 0 unspecified atom stereocenters. The monoisotopic (exact) mass is 454 g/mol. The van der Waals surface area contributed by atoms with Crippen LogP contribution < -0.4 is 10.6 Å². The molecule has 2 amide bonds. The number of benzene rings is 3. The van der Waals surface area contributed by atoms with Gasteiger partial charge in [0.15, 0.2) is 0 Å². The van der Waals surface area contributed by atoms with Gasteiger partial charge in [0.25, 0.3) is 0 Å². The van der Waals surface area contributed by atoms with Gasteiger partial charge < -0.3 is 5.32 Å². The predicted molar refractivity (Wildman–Crippen MR) is 142 cm³/mol. The number of carbonyl (C=O) groups is 1. The number of anilines is 2. The van der Waals surface area contributed by atoms with Crippen LogP contribution in [0, 0.1) is 6.92 Å². The summed E-state index contributed by atoms with van der Waals surface area (Å²) in [6.45, 7) is 6.39. The van der Waals surface area contributed by atoms with Crippen molar-refractivity contribution in [3.8, 4) is 11.1 Å². The molecule has 0 aliphatic heterocycles. The quantitative estimate of drug-likeness (QED) is 0.314. The number of carbonyl (C=O) groups excluding carboxylic acids is 1. The summed E-state index contributed by atoms with van der Waals surface area (Å²) in [6, 6.07) is 19.2. The summed E-state index contributed by atoms with van der Waals surface area (Å²) < 4.78 is 1.24. The van der Waals surface area contributed by atoms with Crippen LogP contribution in [0.1, 0.15) is 48.1 Å². The fourth-order valence-electron chi connectivity index (χ4n) is 5.02. The van der Waals surface area contributed by atoms with Gasteiger partial charge in [-0.3, -0.25) is 5.32 Å². The van der Waals surface area contributed by atoms with Crippen molar-refractivity contribution in [2.45, 2.75) is 52.9 Å². The van der Waals surface area contributed by atoms with Gasteiger partial charge in [-0.2, -0.15) is 0 Å². The van der Waals surface area contributed by atoms with Gasteiger partial charge >= 0.3 is 6.03 Å². The summed E-state index contributed by atoms with van der Waals surface area (Å²) in [5, 5.41) is 8.54. The molecule has 2 N–H and O–H groups in total. The van der Waals surface area contributed by atoms with Crippen LogP contribution in [-0.4, -0.2) is 6.03 Å². The first kappa shape index (κ1) is 21.7. The minimum Gasteiger partial charge on any atom is -0.307 e. The van der Waals surface area contributed by atoms with Crippen molar-refractivity contribution in [2.24, 2.45) is 0 Å². The first-order chi connectivity index (χ1) is 16.1. The van der Waals surface area contributed by atoms with Crippen molar-refractivity contribution in [3.63, 3.8) is 0 Å². The van der Waals surface area contributed by atoms with Crippen LogP contribution >= 0.6 is 11.3 Å². The smallest absolute Gasteiger partial charge is 0.307 e. The molecule has 33 heavy (non-hydrogen) atoms. The second-order valence-electron chi connectivity index (χ2n) is 8.83. The van der Waals surface area contributed by atoms with E-state index in [1.807, 2.05) is 0 Å². The van der Waals surface area contributed by atoms with Gasteiger partial charge in [0.2, 0.25) is 0 Å². The summed E-state index contributed by atoms with van der Waals surface area (Å²) in [7, 11) is 0. The van der Waals surface area contributed by atoms with Crippen molar-refractivity contribution >= 4 is 38.1 Å². The topological polar surface area (TPSA) is 41.1 Å². The number of amides is 2. The molecule has 3 nitrogen and oxygen atoms in total. The van der Waals surface area contributed by atoms with E-state index in [-0.39, 0.29) is 6.03 Å². The third kappa shape index (κ3) is 4.04. The lowest BCUT2D eigenvalue weighted by molar-refractivity contribution is 0.262. The highest BCUT2D eigenvalue weighted by molar-refractivity contribution is 7.23. The largest absolute Gasteiger partial charge is 0.324 e. The van der Waals surface area contributed by atoms with E-state index in [1.165, 1.54) is 38.8 Å². The van der Waals surface area contributed by atoms with Gasteiger partial charge in [-0.15, -0.1) is 11.3 Å². The van der Waals surface area contributed by atoms with E-state index < -0.39 is 0 Å². The third-order valence-electron chi connectivity index (χ3n) is 6.78. The highest BCUT2D eigenvalue weighted by atomic mass is 32.1. The zero-order valence-electron chi connectivity index (χ0n) is 19.5. The Morgan fingerprint density at radius 2 is 1.61 bits per heavy atom. The summed E-state index contributed by atoms with van der Waals surface area (Å²) in [6.07, 6.45) is 5.29. The Morgan fingerprint density at radius 1 is 0.909 bits per heavy atom. The SMILES string of the molecule is CCc1cccc(CC)c1NC(=O)Nc1sc2cc3c(cc2c1-c1ccccc1C)CCC3. The van der Waals surface area contributed by atoms with E-state index in [1.54, 1.807) is 11.3 Å². The number of nitrogens with one attached hydrogen (secondary N) is 2. The number of aryl methyl sites for hydroxylation is 5. The maximum Gasteiger partial charge on any atom is 0.324 e. The Morgan fingerprint density at radius 3 is 2.30 bits per heavy atom. The first-order valence-electron chi connectivity index (χ1n) is 11.9. The van der Waals surface area contributed by atoms with Gasteiger partial charge in [0.05, 0.1) is 0 Å². The maximum absolute atomic E-state index is 13.2. The molecular weight excluding hydrogens is 424 g/mol. The third-order valence-corrected chi connectivity index (χ3v) is 7.85. The number of urea groups is 1. The molecule has 0 saturated heterocycles. The van der Waals surface area contributed by atoms with Crippen molar-refractivity contribution in [3.05, 3.63) is 82.4 Å². The van der Waals surface area contributed by atoms with E-state index in [4.69, 9.17) is 0 Å². The Balaban J connectivity index is 1.57. The molecule has 4 aromatic rings.